The molecule has 1 amide bonds. The van der Waals surface area contributed by atoms with Crippen molar-refractivity contribution in [2.24, 2.45) is 0 Å². The van der Waals surface area contributed by atoms with Crippen LogP contribution < -0.4 is 4.74 Å². The standard InChI is InChI=1S/C17H15BrFNO4S/c1-25-13-6-7-14(15(8-13)24-10-16(21)22)17(23)20(19)9-11-2-4-12(18)5-3-11/h2-8H,9-10H2,1H3,(H,21,22). The van der Waals surface area contributed by atoms with Gasteiger partial charge in [0.25, 0.3) is 5.91 Å². The number of amides is 1. The lowest BCUT2D eigenvalue weighted by Crippen LogP contribution is -2.23. The summed E-state index contributed by atoms with van der Waals surface area (Å²) in [6.45, 7) is -0.841. The molecule has 0 heterocycles. The summed E-state index contributed by atoms with van der Waals surface area (Å²) in [7, 11) is 0. The maximum Gasteiger partial charge on any atom is 0.341 e. The first kappa shape index (κ1) is 19.3. The van der Waals surface area contributed by atoms with Crippen LogP contribution in [0.5, 0.6) is 5.75 Å². The van der Waals surface area contributed by atoms with Gasteiger partial charge in [-0.2, -0.15) is 5.12 Å². The van der Waals surface area contributed by atoms with Crippen molar-refractivity contribution >= 4 is 39.6 Å². The Balaban J connectivity index is 2.20. The fourth-order valence-electron chi connectivity index (χ4n) is 2.02. The number of aliphatic carboxylic acids is 1. The van der Waals surface area contributed by atoms with E-state index in [-0.39, 0.29) is 23.0 Å². The highest BCUT2D eigenvalue weighted by atomic mass is 79.9. The molecule has 0 aliphatic heterocycles. The third kappa shape index (κ3) is 5.47. The normalized spacial score (nSPS) is 10.4. The molecule has 0 bridgehead atoms. The van der Waals surface area contributed by atoms with Crippen molar-refractivity contribution in [3.8, 4) is 5.75 Å². The van der Waals surface area contributed by atoms with Crippen molar-refractivity contribution in [1.82, 2.24) is 5.12 Å². The van der Waals surface area contributed by atoms with E-state index in [0.717, 1.165) is 9.37 Å². The van der Waals surface area contributed by atoms with Gasteiger partial charge < -0.3 is 9.84 Å². The maximum atomic E-state index is 14.3. The average Bonchev–Trinajstić information content (AvgIpc) is 2.60. The topological polar surface area (TPSA) is 66.8 Å². The summed E-state index contributed by atoms with van der Waals surface area (Å²) in [5.41, 5.74) is 0.589. The smallest absolute Gasteiger partial charge is 0.341 e. The number of carbonyl (C=O) groups excluding carboxylic acids is 1. The molecule has 2 rings (SSSR count). The van der Waals surface area contributed by atoms with E-state index in [1.807, 2.05) is 6.26 Å². The molecule has 0 atom stereocenters. The molecule has 0 unspecified atom stereocenters. The Kier molecular flexibility index (Phi) is 6.83. The van der Waals surface area contributed by atoms with Crippen molar-refractivity contribution in [2.75, 3.05) is 12.9 Å². The first-order valence-corrected chi connectivity index (χ1v) is 9.17. The molecule has 0 aromatic heterocycles. The van der Waals surface area contributed by atoms with Crippen LogP contribution in [-0.2, 0) is 11.3 Å². The van der Waals surface area contributed by atoms with E-state index >= 15 is 0 Å². The van der Waals surface area contributed by atoms with Crippen molar-refractivity contribution in [3.05, 3.63) is 58.1 Å². The van der Waals surface area contributed by atoms with E-state index in [1.165, 1.54) is 23.9 Å². The van der Waals surface area contributed by atoms with Crippen molar-refractivity contribution in [3.63, 3.8) is 0 Å². The van der Waals surface area contributed by atoms with Gasteiger partial charge in [-0.3, -0.25) is 4.79 Å². The predicted molar refractivity (Wildman–Crippen MR) is 96.5 cm³/mol. The molecule has 0 aliphatic rings. The van der Waals surface area contributed by atoms with Gasteiger partial charge in [0.1, 0.15) is 5.75 Å². The number of carboxylic acids is 1. The first-order valence-electron chi connectivity index (χ1n) is 7.15. The molecule has 0 saturated carbocycles. The SMILES string of the molecule is CSc1ccc(C(=O)N(F)Cc2ccc(Br)cc2)c(OCC(=O)O)c1. The van der Waals surface area contributed by atoms with Crippen LogP contribution in [0.25, 0.3) is 0 Å². The van der Waals surface area contributed by atoms with Crippen molar-refractivity contribution in [1.29, 1.82) is 0 Å². The molecule has 132 valence electrons. The van der Waals surface area contributed by atoms with Crippen LogP contribution in [0.4, 0.5) is 4.48 Å². The Hall–Kier alpha value is -2.06. The van der Waals surface area contributed by atoms with Crippen LogP contribution in [0.3, 0.4) is 0 Å². The number of benzene rings is 2. The Morgan fingerprint density at radius 2 is 1.92 bits per heavy atom. The molecule has 1 N–H and O–H groups in total. The summed E-state index contributed by atoms with van der Waals surface area (Å²) < 4.78 is 20.3. The Morgan fingerprint density at radius 1 is 1.24 bits per heavy atom. The zero-order chi connectivity index (χ0) is 18.4. The zero-order valence-electron chi connectivity index (χ0n) is 13.2. The number of hydrogen-bond acceptors (Lipinski definition) is 4. The van der Waals surface area contributed by atoms with Crippen LogP contribution in [0.2, 0.25) is 0 Å². The molecule has 0 fully saturated rings. The molecule has 0 aliphatic carbocycles. The van der Waals surface area contributed by atoms with E-state index in [4.69, 9.17) is 9.84 Å². The summed E-state index contributed by atoms with van der Waals surface area (Å²) in [5.74, 6) is -2.03. The van der Waals surface area contributed by atoms with E-state index < -0.39 is 18.5 Å². The lowest BCUT2D eigenvalue weighted by atomic mass is 10.1. The number of ether oxygens (including phenoxy) is 1. The first-order chi connectivity index (χ1) is 11.9. The van der Waals surface area contributed by atoms with Crippen LogP contribution in [0, 0.1) is 0 Å². The number of carbonyl (C=O) groups is 2. The number of nitrogens with zero attached hydrogens (tertiary/aromatic N) is 1. The lowest BCUT2D eigenvalue weighted by Gasteiger charge is -2.15. The highest BCUT2D eigenvalue weighted by molar-refractivity contribution is 9.10. The average molecular weight is 428 g/mol. The van der Waals surface area contributed by atoms with E-state index in [1.54, 1.807) is 30.3 Å². The molecule has 0 saturated heterocycles. The fourth-order valence-corrected chi connectivity index (χ4v) is 2.71. The second-order valence-electron chi connectivity index (χ2n) is 5.00. The summed E-state index contributed by atoms with van der Waals surface area (Å²) in [4.78, 5) is 23.9. The summed E-state index contributed by atoms with van der Waals surface area (Å²) in [6.07, 6.45) is 1.83. The van der Waals surface area contributed by atoms with Crippen molar-refractivity contribution < 1.29 is 23.9 Å². The lowest BCUT2D eigenvalue weighted by molar-refractivity contribution is -0.139. The molecule has 0 spiro atoms. The molecule has 2 aromatic rings. The Morgan fingerprint density at radius 3 is 2.52 bits per heavy atom. The van der Waals surface area contributed by atoms with Crippen LogP contribution in [0.15, 0.2) is 51.8 Å². The minimum atomic E-state index is -1.18. The predicted octanol–water partition coefficient (Wildman–Crippen LogP) is 4.16. The molecule has 0 radical (unpaired) electrons. The molecule has 5 nitrogen and oxygen atoms in total. The quantitative estimate of drug-likeness (QED) is 0.530. The molecular weight excluding hydrogens is 413 g/mol. The van der Waals surface area contributed by atoms with Crippen LogP contribution >= 0.6 is 27.7 Å². The van der Waals surface area contributed by atoms with Gasteiger partial charge in [-0.25, -0.2) is 4.79 Å². The van der Waals surface area contributed by atoms with Gasteiger partial charge >= 0.3 is 5.97 Å². The second kappa shape index (κ2) is 8.87. The fraction of sp³-hybridized carbons (Fsp3) is 0.176. The van der Waals surface area contributed by atoms with Gasteiger partial charge in [0.2, 0.25) is 0 Å². The van der Waals surface area contributed by atoms with E-state index in [2.05, 4.69) is 15.9 Å². The Labute approximate surface area is 156 Å². The van der Waals surface area contributed by atoms with Gasteiger partial charge in [-0.05, 0) is 42.2 Å². The highest BCUT2D eigenvalue weighted by Gasteiger charge is 2.21. The molecule has 8 heteroatoms. The van der Waals surface area contributed by atoms with E-state index in [9.17, 15) is 14.1 Å². The van der Waals surface area contributed by atoms with E-state index in [0.29, 0.717) is 5.56 Å². The van der Waals surface area contributed by atoms with Gasteiger partial charge in [0, 0.05) is 9.37 Å². The zero-order valence-corrected chi connectivity index (χ0v) is 15.6. The molecule has 25 heavy (non-hydrogen) atoms. The minimum Gasteiger partial charge on any atom is -0.481 e. The largest absolute Gasteiger partial charge is 0.481 e. The highest BCUT2D eigenvalue weighted by Crippen LogP contribution is 2.27. The summed E-state index contributed by atoms with van der Waals surface area (Å²) in [6, 6.07) is 11.5. The maximum absolute atomic E-state index is 14.3. The minimum absolute atomic E-state index is 0.0290. The number of thioether (sulfide) groups is 1. The molecular formula is C17H15BrFNO4S. The summed E-state index contributed by atoms with van der Waals surface area (Å²) >= 11 is 4.69. The van der Waals surface area contributed by atoms with Gasteiger partial charge in [-0.1, -0.05) is 32.5 Å². The number of halogens is 2. The Bertz CT molecular complexity index is 770. The van der Waals surface area contributed by atoms with Gasteiger partial charge in [0.15, 0.2) is 6.61 Å². The number of rotatable bonds is 7. The van der Waals surface area contributed by atoms with Crippen LogP contribution in [0.1, 0.15) is 15.9 Å². The van der Waals surface area contributed by atoms with Crippen LogP contribution in [-0.4, -0.2) is 35.0 Å². The summed E-state index contributed by atoms with van der Waals surface area (Å²) in [5, 5.41) is 8.83. The third-order valence-electron chi connectivity index (χ3n) is 3.23. The van der Waals surface area contributed by atoms with Crippen molar-refractivity contribution in [2.45, 2.75) is 11.4 Å². The second-order valence-corrected chi connectivity index (χ2v) is 6.79. The third-order valence-corrected chi connectivity index (χ3v) is 4.48. The van der Waals surface area contributed by atoms with Gasteiger partial charge in [0.05, 0.1) is 12.1 Å². The van der Waals surface area contributed by atoms with Gasteiger partial charge in [-0.15, -0.1) is 11.8 Å². The molecule has 2 aromatic carbocycles. The number of hydrogen-bond donors (Lipinski definition) is 1. The number of carboxylic acid groups (broad SMARTS) is 1. The monoisotopic (exact) mass is 427 g/mol.